The quantitative estimate of drug-likeness (QED) is 0.461. The van der Waals surface area contributed by atoms with Crippen molar-refractivity contribution in [2.24, 2.45) is 0 Å². The molecule has 0 unspecified atom stereocenters. The lowest BCUT2D eigenvalue weighted by atomic mass is 10.1. The summed E-state index contributed by atoms with van der Waals surface area (Å²) in [6.07, 6.45) is 0.787. The highest BCUT2D eigenvalue weighted by Crippen LogP contribution is 2.24. The van der Waals surface area contributed by atoms with Crippen LogP contribution in [0.25, 0.3) is 0 Å². The molecule has 8 nitrogen and oxygen atoms in total. The second-order valence-electron chi connectivity index (χ2n) is 7.98. The van der Waals surface area contributed by atoms with Crippen molar-refractivity contribution in [1.82, 2.24) is 5.32 Å². The van der Waals surface area contributed by atoms with Gasteiger partial charge in [-0.1, -0.05) is 19.1 Å². The van der Waals surface area contributed by atoms with E-state index in [1.165, 1.54) is 38.4 Å². The number of ether oxygens (including phenoxy) is 1. The van der Waals surface area contributed by atoms with Crippen LogP contribution >= 0.6 is 0 Å². The van der Waals surface area contributed by atoms with Crippen LogP contribution in [0.4, 0.5) is 11.4 Å². The van der Waals surface area contributed by atoms with Gasteiger partial charge in [-0.2, -0.15) is 0 Å². The molecule has 0 aliphatic rings. The highest BCUT2D eigenvalue weighted by molar-refractivity contribution is 7.92. The SMILES string of the molecule is CC[C@H](C)NC(=O)c1ccccc1NC(=O)c1ccc(N(C)S(=O)(=O)c2ccc(OC)cc2)cc1. The third-order valence-corrected chi connectivity index (χ3v) is 7.42. The van der Waals surface area contributed by atoms with Crippen LogP contribution in [0.15, 0.2) is 77.7 Å². The molecule has 0 aliphatic carbocycles. The molecule has 0 spiro atoms. The molecule has 184 valence electrons. The van der Waals surface area contributed by atoms with Crippen molar-refractivity contribution in [2.75, 3.05) is 23.8 Å². The van der Waals surface area contributed by atoms with Gasteiger partial charge in [-0.05, 0) is 74.0 Å². The van der Waals surface area contributed by atoms with Crippen molar-refractivity contribution in [3.8, 4) is 5.75 Å². The fraction of sp³-hybridized carbons (Fsp3) is 0.231. The first-order chi connectivity index (χ1) is 16.7. The molecule has 3 rings (SSSR count). The van der Waals surface area contributed by atoms with Crippen LogP contribution in [0, 0.1) is 0 Å². The van der Waals surface area contributed by atoms with E-state index in [1.807, 2.05) is 13.8 Å². The molecule has 2 N–H and O–H groups in total. The number of rotatable bonds is 9. The summed E-state index contributed by atoms with van der Waals surface area (Å²) in [5.74, 6) is -0.127. The van der Waals surface area contributed by atoms with E-state index in [4.69, 9.17) is 4.74 Å². The lowest BCUT2D eigenvalue weighted by molar-refractivity contribution is 0.0940. The Morgan fingerprint density at radius 1 is 0.943 bits per heavy atom. The van der Waals surface area contributed by atoms with E-state index in [-0.39, 0.29) is 16.8 Å². The van der Waals surface area contributed by atoms with Crippen LogP contribution in [-0.2, 0) is 10.0 Å². The number of amides is 2. The number of para-hydroxylation sites is 1. The summed E-state index contributed by atoms with van der Waals surface area (Å²) in [4.78, 5) is 25.5. The van der Waals surface area contributed by atoms with Gasteiger partial charge in [-0.25, -0.2) is 8.42 Å². The van der Waals surface area contributed by atoms with Crippen molar-refractivity contribution in [3.05, 3.63) is 83.9 Å². The zero-order valence-corrected chi connectivity index (χ0v) is 20.9. The maximum atomic E-state index is 13.0. The highest BCUT2D eigenvalue weighted by atomic mass is 32.2. The van der Waals surface area contributed by atoms with Crippen molar-refractivity contribution in [2.45, 2.75) is 31.2 Å². The number of hydrogen-bond donors (Lipinski definition) is 2. The Balaban J connectivity index is 1.76. The van der Waals surface area contributed by atoms with Gasteiger partial charge in [-0.3, -0.25) is 13.9 Å². The number of anilines is 2. The Kier molecular flexibility index (Phi) is 8.14. The molecule has 0 bridgehead atoms. The number of nitrogens with zero attached hydrogens (tertiary/aromatic N) is 1. The Bertz CT molecular complexity index is 1290. The predicted octanol–water partition coefficient (Wildman–Crippen LogP) is 4.30. The minimum atomic E-state index is -3.79. The summed E-state index contributed by atoms with van der Waals surface area (Å²) in [5, 5.41) is 5.66. The Morgan fingerprint density at radius 3 is 2.17 bits per heavy atom. The van der Waals surface area contributed by atoms with Gasteiger partial charge in [0.25, 0.3) is 21.8 Å². The van der Waals surface area contributed by atoms with Crippen LogP contribution < -0.4 is 19.7 Å². The molecule has 0 aliphatic heterocycles. The first kappa shape index (κ1) is 25.8. The van der Waals surface area contributed by atoms with Crippen LogP contribution in [0.1, 0.15) is 41.0 Å². The van der Waals surface area contributed by atoms with Gasteiger partial charge in [-0.15, -0.1) is 0 Å². The number of sulfonamides is 1. The van der Waals surface area contributed by atoms with Crippen LogP contribution in [0.3, 0.4) is 0 Å². The van der Waals surface area contributed by atoms with Crippen LogP contribution in [-0.4, -0.2) is 40.4 Å². The lowest BCUT2D eigenvalue weighted by Gasteiger charge is -2.20. The average Bonchev–Trinajstić information content (AvgIpc) is 2.88. The molecule has 0 saturated carbocycles. The fourth-order valence-electron chi connectivity index (χ4n) is 3.26. The molecule has 0 fully saturated rings. The first-order valence-electron chi connectivity index (χ1n) is 11.1. The summed E-state index contributed by atoms with van der Waals surface area (Å²) in [7, 11) is -0.841. The highest BCUT2D eigenvalue weighted by Gasteiger charge is 2.22. The molecule has 3 aromatic rings. The number of carbonyl (C=O) groups is 2. The lowest BCUT2D eigenvalue weighted by Crippen LogP contribution is -2.32. The third kappa shape index (κ3) is 5.99. The molecule has 0 radical (unpaired) electrons. The number of methoxy groups -OCH3 is 1. The number of hydrogen-bond acceptors (Lipinski definition) is 5. The summed E-state index contributed by atoms with van der Waals surface area (Å²) in [6, 6.07) is 19.1. The molecular weight excluding hydrogens is 466 g/mol. The van der Waals surface area contributed by atoms with Crippen molar-refractivity contribution in [3.63, 3.8) is 0 Å². The van der Waals surface area contributed by atoms with Crippen molar-refractivity contribution in [1.29, 1.82) is 0 Å². The van der Waals surface area contributed by atoms with E-state index in [9.17, 15) is 18.0 Å². The summed E-state index contributed by atoms with van der Waals surface area (Å²) in [6.45, 7) is 3.88. The van der Waals surface area contributed by atoms with E-state index in [0.29, 0.717) is 28.3 Å². The van der Waals surface area contributed by atoms with Crippen LogP contribution in [0.2, 0.25) is 0 Å². The Morgan fingerprint density at radius 2 is 1.57 bits per heavy atom. The van der Waals surface area contributed by atoms with Gasteiger partial charge < -0.3 is 15.4 Å². The number of carbonyl (C=O) groups excluding carboxylic acids is 2. The molecule has 35 heavy (non-hydrogen) atoms. The molecular formula is C26H29N3O5S. The van der Waals surface area contributed by atoms with Crippen molar-refractivity contribution < 1.29 is 22.7 Å². The Labute approximate surface area is 206 Å². The topological polar surface area (TPSA) is 105 Å². The van der Waals surface area contributed by atoms with E-state index in [0.717, 1.165) is 10.7 Å². The minimum absolute atomic E-state index is 0.00462. The first-order valence-corrected chi connectivity index (χ1v) is 12.6. The van der Waals surface area contributed by atoms with Gasteiger partial charge in [0.15, 0.2) is 0 Å². The van der Waals surface area contributed by atoms with E-state index < -0.39 is 15.9 Å². The third-order valence-electron chi connectivity index (χ3n) is 5.62. The van der Waals surface area contributed by atoms with Gasteiger partial charge >= 0.3 is 0 Å². The largest absolute Gasteiger partial charge is 0.497 e. The zero-order valence-electron chi connectivity index (χ0n) is 20.1. The molecule has 0 aromatic heterocycles. The second-order valence-corrected chi connectivity index (χ2v) is 9.95. The van der Waals surface area contributed by atoms with Gasteiger partial charge in [0, 0.05) is 18.7 Å². The van der Waals surface area contributed by atoms with Gasteiger partial charge in [0.05, 0.1) is 28.9 Å². The summed E-state index contributed by atoms with van der Waals surface area (Å²) >= 11 is 0. The number of nitrogens with one attached hydrogen (secondary N) is 2. The molecule has 1 atom stereocenters. The van der Waals surface area contributed by atoms with E-state index in [1.54, 1.807) is 48.5 Å². The molecule has 3 aromatic carbocycles. The fourth-order valence-corrected chi connectivity index (χ4v) is 4.45. The smallest absolute Gasteiger partial charge is 0.264 e. The maximum absolute atomic E-state index is 13.0. The average molecular weight is 496 g/mol. The normalized spacial score (nSPS) is 11.9. The van der Waals surface area contributed by atoms with E-state index >= 15 is 0 Å². The molecule has 9 heteroatoms. The minimum Gasteiger partial charge on any atom is -0.497 e. The molecule has 2 amide bonds. The molecule has 0 saturated heterocycles. The van der Waals surface area contributed by atoms with Gasteiger partial charge in [0.2, 0.25) is 0 Å². The molecule has 0 heterocycles. The standard InChI is InChI=1S/C26H29N3O5S/c1-5-18(2)27-26(31)23-8-6-7-9-24(23)28-25(30)19-10-12-20(13-11-19)29(3)35(32,33)22-16-14-21(34-4)15-17-22/h6-18H,5H2,1-4H3,(H,27,31)(H,28,30)/t18-/m0/s1. The maximum Gasteiger partial charge on any atom is 0.264 e. The predicted molar refractivity (Wildman–Crippen MR) is 137 cm³/mol. The van der Waals surface area contributed by atoms with Gasteiger partial charge in [0.1, 0.15) is 5.75 Å². The Hall–Kier alpha value is -3.85. The van der Waals surface area contributed by atoms with Crippen molar-refractivity contribution >= 4 is 33.2 Å². The second kappa shape index (κ2) is 11.1. The van der Waals surface area contributed by atoms with Crippen LogP contribution in [0.5, 0.6) is 5.75 Å². The monoisotopic (exact) mass is 495 g/mol. The van der Waals surface area contributed by atoms with E-state index in [2.05, 4.69) is 10.6 Å². The summed E-state index contributed by atoms with van der Waals surface area (Å²) in [5.41, 5.74) is 1.47. The summed E-state index contributed by atoms with van der Waals surface area (Å²) < 4.78 is 32.1. The number of benzene rings is 3. The zero-order chi connectivity index (χ0) is 25.6.